The molecule has 5 nitrogen and oxygen atoms in total. The van der Waals surface area contributed by atoms with Gasteiger partial charge in [-0.2, -0.15) is 0 Å². The van der Waals surface area contributed by atoms with Crippen molar-refractivity contribution in [1.29, 1.82) is 0 Å². The van der Waals surface area contributed by atoms with Crippen LogP contribution in [0, 0.1) is 13.8 Å². The first kappa shape index (κ1) is 13.1. The largest absolute Gasteiger partial charge is 0.466 e. The van der Waals surface area contributed by atoms with E-state index in [1.165, 1.54) is 6.20 Å². The number of aromatic nitrogens is 1. The van der Waals surface area contributed by atoms with Gasteiger partial charge in [-0.1, -0.05) is 0 Å². The summed E-state index contributed by atoms with van der Waals surface area (Å²) in [7, 11) is 0. The highest BCUT2D eigenvalue weighted by Crippen LogP contribution is 2.21. The molecule has 19 heavy (non-hydrogen) atoms. The van der Waals surface area contributed by atoms with Crippen LogP contribution in [0.5, 0.6) is 0 Å². The van der Waals surface area contributed by atoms with Gasteiger partial charge in [-0.3, -0.25) is 4.79 Å². The molecule has 0 fully saturated rings. The average Bonchev–Trinajstić information content (AvgIpc) is 2.69. The standard InChI is InChI=1S/C14H17N3O2/c1-8-6-12(10(3)19-8)9(2)17-14(18)13-5-4-11(15)7-16-13/h4-7,9H,15H2,1-3H3,(H,17,18). The summed E-state index contributed by atoms with van der Waals surface area (Å²) in [5, 5.41) is 2.88. The maximum atomic E-state index is 12.0. The minimum atomic E-state index is -0.231. The van der Waals surface area contributed by atoms with Crippen LogP contribution in [-0.4, -0.2) is 10.9 Å². The number of furan rings is 1. The predicted octanol–water partition coefficient (Wildman–Crippen LogP) is 2.36. The van der Waals surface area contributed by atoms with Crippen LogP contribution in [0.25, 0.3) is 0 Å². The van der Waals surface area contributed by atoms with Crippen LogP contribution in [0.2, 0.25) is 0 Å². The van der Waals surface area contributed by atoms with Gasteiger partial charge in [-0.15, -0.1) is 0 Å². The quantitative estimate of drug-likeness (QED) is 0.886. The number of nitrogens with one attached hydrogen (secondary N) is 1. The molecule has 0 aliphatic rings. The monoisotopic (exact) mass is 259 g/mol. The van der Waals surface area contributed by atoms with Gasteiger partial charge in [-0.25, -0.2) is 4.98 Å². The first-order valence-corrected chi connectivity index (χ1v) is 6.06. The lowest BCUT2D eigenvalue weighted by Gasteiger charge is -2.12. The van der Waals surface area contributed by atoms with Crippen molar-refractivity contribution in [2.45, 2.75) is 26.8 Å². The maximum absolute atomic E-state index is 12.0. The third kappa shape index (κ3) is 2.93. The first-order valence-electron chi connectivity index (χ1n) is 6.06. The third-order valence-corrected chi connectivity index (χ3v) is 2.91. The van der Waals surface area contributed by atoms with E-state index in [1.807, 2.05) is 26.8 Å². The normalized spacial score (nSPS) is 12.2. The molecule has 5 heteroatoms. The molecule has 0 aliphatic heterocycles. The summed E-state index contributed by atoms with van der Waals surface area (Å²) in [6.07, 6.45) is 1.47. The molecule has 0 aromatic carbocycles. The lowest BCUT2D eigenvalue weighted by atomic mass is 10.1. The molecule has 1 unspecified atom stereocenters. The number of aryl methyl sites for hydroxylation is 2. The number of carbonyl (C=O) groups excluding carboxylic acids is 1. The number of pyridine rings is 1. The Bertz CT molecular complexity index is 587. The van der Waals surface area contributed by atoms with E-state index in [0.29, 0.717) is 11.4 Å². The van der Waals surface area contributed by atoms with Crippen LogP contribution in [0.15, 0.2) is 28.8 Å². The average molecular weight is 259 g/mol. The fourth-order valence-corrected chi connectivity index (χ4v) is 1.97. The summed E-state index contributed by atoms with van der Waals surface area (Å²) in [6, 6.07) is 5.05. The minimum absolute atomic E-state index is 0.135. The smallest absolute Gasteiger partial charge is 0.270 e. The molecule has 2 heterocycles. The Labute approximate surface area is 111 Å². The number of hydrogen-bond acceptors (Lipinski definition) is 4. The SMILES string of the molecule is Cc1cc(C(C)NC(=O)c2ccc(N)cn2)c(C)o1. The van der Waals surface area contributed by atoms with Gasteiger partial charge in [0.1, 0.15) is 17.2 Å². The highest BCUT2D eigenvalue weighted by Gasteiger charge is 2.16. The second-order valence-electron chi connectivity index (χ2n) is 4.54. The number of anilines is 1. The molecule has 0 saturated carbocycles. The number of amides is 1. The zero-order chi connectivity index (χ0) is 14.0. The van der Waals surface area contributed by atoms with E-state index in [0.717, 1.165) is 17.1 Å². The van der Waals surface area contributed by atoms with Gasteiger partial charge >= 0.3 is 0 Å². The van der Waals surface area contributed by atoms with Gasteiger partial charge < -0.3 is 15.5 Å². The Balaban J connectivity index is 2.10. The minimum Gasteiger partial charge on any atom is -0.466 e. The van der Waals surface area contributed by atoms with E-state index >= 15 is 0 Å². The number of rotatable bonds is 3. The van der Waals surface area contributed by atoms with E-state index in [9.17, 15) is 4.79 Å². The van der Waals surface area contributed by atoms with Crippen molar-refractivity contribution < 1.29 is 9.21 Å². The van der Waals surface area contributed by atoms with E-state index < -0.39 is 0 Å². The van der Waals surface area contributed by atoms with Gasteiger partial charge in [0.2, 0.25) is 0 Å². The number of nitrogen functional groups attached to an aromatic ring is 1. The fraction of sp³-hybridized carbons (Fsp3) is 0.286. The molecule has 0 spiro atoms. The zero-order valence-electron chi connectivity index (χ0n) is 11.2. The van der Waals surface area contributed by atoms with Gasteiger partial charge in [-0.05, 0) is 39.0 Å². The molecule has 1 amide bonds. The summed E-state index contributed by atoms with van der Waals surface area (Å²) < 4.78 is 5.46. The van der Waals surface area contributed by atoms with Gasteiger partial charge in [0.05, 0.1) is 17.9 Å². The van der Waals surface area contributed by atoms with E-state index in [2.05, 4.69) is 10.3 Å². The molecule has 0 aliphatic carbocycles. The molecule has 1 atom stereocenters. The molecular weight excluding hydrogens is 242 g/mol. The van der Waals surface area contributed by atoms with Crippen LogP contribution in [-0.2, 0) is 0 Å². The van der Waals surface area contributed by atoms with Gasteiger partial charge in [0.25, 0.3) is 5.91 Å². The van der Waals surface area contributed by atoms with Crippen molar-refractivity contribution in [2.75, 3.05) is 5.73 Å². The Kier molecular flexibility index (Phi) is 3.55. The number of nitrogens with zero attached hydrogens (tertiary/aromatic N) is 1. The first-order chi connectivity index (χ1) is 8.97. The van der Waals surface area contributed by atoms with E-state index in [4.69, 9.17) is 10.2 Å². The lowest BCUT2D eigenvalue weighted by molar-refractivity contribution is 0.0935. The van der Waals surface area contributed by atoms with Crippen LogP contribution in [0.3, 0.4) is 0 Å². The number of hydrogen-bond donors (Lipinski definition) is 2. The van der Waals surface area contributed by atoms with Crippen LogP contribution >= 0.6 is 0 Å². The molecule has 100 valence electrons. The predicted molar refractivity (Wildman–Crippen MR) is 72.7 cm³/mol. The summed E-state index contributed by atoms with van der Waals surface area (Å²) >= 11 is 0. The molecular formula is C14H17N3O2. The Morgan fingerprint density at radius 1 is 1.42 bits per heavy atom. The van der Waals surface area contributed by atoms with Crippen molar-refractivity contribution in [3.8, 4) is 0 Å². The van der Waals surface area contributed by atoms with Gasteiger partial charge in [0, 0.05) is 5.56 Å². The van der Waals surface area contributed by atoms with Crippen LogP contribution in [0.1, 0.15) is 40.5 Å². The molecule has 2 rings (SSSR count). The summed E-state index contributed by atoms with van der Waals surface area (Å²) in [6.45, 7) is 5.67. The van der Waals surface area contributed by atoms with Crippen molar-refractivity contribution in [2.24, 2.45) is 0 Å². The maximum Gasteiger partial charge on any atom is 0.270 e. The second kappa shape index (κ2) is 5.14. The van der Waals surface area contributed by atoms with Gasteiger partial charge in [0.15, 0.2) is 0 Å². The van der Waals surface area contributed by atoms with Crippen LogP contribution in [0.4, 0.5) is 5.69 Å². The highest BCUT2D eigenvalue weighted by atomic mass is 16.3. The third-order valence-electron chi connectivity index (χ3n) is 2.91. The molecule has 0 radical (unpaired) electrons. The Morgan fingerprint density at radius 3 is 2.68 bits per heavy atom. The van der Waals surface area contributed by atoms with Crippen molar-refractivity contribution >= 4 is 11.6 Å². The topological polar surface area (TPSA) is 81.2 Å². The van der Waals surface area contributed by atoms with E-state index in [1.54, 1.807) is 12.1 Å². The molecule has 2 aromatic rings. The second-order valence-corrected chi connectivity index (χ2v) is 4.54. The number of carbonyl (C=O) groups is 1. The van der Waals surface area contributed by atoms with E-state index in [-0.39, 0.29) is 11.9 Å². The Hall–Kier alpha value is -2.30. The molecule has 2 aromatic heterocycles. The van der Waals surface area contributed by atoms with Crippen molar-refractivity contribution in [3.63, 3.8) is 0 Å². The highest BCUT2D eigenvalue weighted by molar-refractivity contribution is 5.92. The zero-order valence-corrected chi connectivity index (χ0v) is 11.2. The van der Waals surface area contributed by atoms with Crippen LogP contribution < -0.4 is 11.1 Å². The van der Waals surface area contributed by atoms with Crippen molar-refractivity contribution in [3.05, 3.63) is 47.2 Å². The molecule has 0 saturated heterocycles. The summed E-state index contributed by atoms with van der Waals surface area (Å²) in [5.41, 5.74) is 7.39. The molecule has 3 N–H and O–H groups in total. The van der Waals surface area contributed by atoms with Crippen molar-refractivity contribution in [1.82, 2.24) is 10.3 Å². The Morgan fingerprint density at radius 2 is 2.16 bits per heavy atom. The molecule has 0 bridgehead atoms. The number of nitrogens with two attached hydrogens (primary N) is 1. The fourth-order valence-electron chi connectivity index (χ4n) is 1.97. The summed E-state index contributed by atoms with van der Waals surface area (Å²) in [5.74, 6) is 1.42. The summed E-state index contributed by atoms with van der Waals surface area (Å²) in [4.78, 5) is 16.0. The lowest BCUT2D eigenvalue weighted by Crippen LogP contribution is -2.27.